The second-order valence-electron chi connectivity index (χ2n) is 6.39. The average molecular weight is 295 g/mol. The highest BCUT2D eigenvalue weighted by Crippen LogP contribution is 2.40. The van der Waals surface area contributed by atoms with Gasteiger partial charge in [-0.25, -0.2) is 9.59 Å². The summed E-state index contributed by atoms with van der Waals surface area (Å²) in [6, 6.07) is 0. The van der Waals surface area contributed by atoms with E-state index in [4.69, 9.17) is 9.47 Å². The van der Waals surface area contributed by atoms with E-state index in [0.29, 0.717) is 18.4 Å². The molecule has 21 heavy (non-hydrogen) atoms. The summed E-state index contributed by atoms with van der Waals surface area (Å²) in [5.74, 6) is -0.440. The van der Waals surface area contributed by atoms with Crippen LogP contribution in [0.3, 0.4) is 0 Å². The maximum absolute atomic E-state index is 12.5. The number of hydrogen-bond donors (Lipinski definition) is 0. The average Bonchev–Trinajstić information content (AvgIpc) is 2.80. The summed E-state index contributed by atoms with van der Waals surface area (Å²) in [6.07, 6.45) is 4.48. The molecule has 1 saturated heterocycles. The van der Waals surface area contributed by atoms with Crippen LogP contribution < -0.4 is 0 Å². The molecule has 0 aliphatic carbocycles. The fourth-order valence-corrected chi connectivity index (χ4v) is 3.04. The maximum Gasteiger partial charge on any atom is 0.335 e. The van der Waals surface area contributed by atoms with Crippen molar-refractivity contribution >= 4 is 11.9 Å². The van der Waals surface area contributed by atoms with E-state index in [0.717, 1.165) is 19.4 Å². The second-order valence-corrected chi connectivity index (χ2v) is 6.39. The molecule has 2 heterocycles. The zero-order chi connectivity index (χ0) is 15.6. The lowest BCUT2D eigenvalue weighted by Gasteiger charge is -2.39. The zero-order valence-corrected chi connectivity index (χ0v) is 13.3. The van der Waals surface area contributed by atoms with Crippen molar-refractivity contribution < 1.29 is 19.1 Å². The van der Waals surface area contributed by atoms with E-state index in [-0.39, 0.29) is 24.1 Å². The van der Waals surface area contributed by atoms with Gasteiger partial charge in [0, 0.05) is 12.7 Å². The molecule has 0 aromatic carbocycles. The quantitative estimate of drug-likeness (QED) is 0.745. The maximum atomic E-state index is 12.5. The number of carbonyl (C=O) groups excluding carboxylic acids is 2. The molecule has 0 aromatic rings. The Morgan fingerprint density at radius 3 is 2.43 bits per heavy atom. The predicted molar refractivity (Wildman–Crippen MR) is 78.4 cm³/mol. The molecule has 118 valence electrons. The lowest BCUT2D eigenvalue weighted by molar-refractivity contribution is -0.160. The van der Waals surface area contributed by atoms with E-state index in [2.05, 4.69) is 0 Å². The van der Waals surface area contributed by atoms with Crippen molar-refractivity contribution in [2.75, 3.05) is 6.54 Å². The van der Waals surface area contributed by atoms with Crippen LogP contribution in [-0.2, 0) is 19.1 Å². The van der Waals surface area contributed by atoms with Crippen LogP contribution in [-0.4, -0.2) is 41.1 Å². The first-order valence-corrected chi connectivity index (χ1v) is 7.74. The summed E-state index contributed by atoms with van der Waals surface area (Å²) >= 11 is 0. The molecular formula is C16H25NO4. The smallest absolute Gasteiger partial charge is 0.335 e. The van der Waals surface area contributed by atoms with Gasteiger partial charge in [0.25, 0.3) is 0 Å². The highest BCUT2D eigenvalue weighted by molar-refractivity contribution is 5.90. The van der Waals surface area contributed by atoms with Crippen LogP contribution in [0.1, 0.15) is 53.4 Å². The van der Waals surface area contributed by atoms with Crippen LogP contribution in [0, 0.1) is 0 Å². The molecule has 1 unspecified atom stereocenters. The molecule has 5 nitrogen and oxygen atoms in total. The lowest BCUT2D eigenvalue weighted by atomic mass is 9.86. The fraction of sp³-hybridized carbons (Fsp3) is 0.750. The third-order valence-corrected chi connectivity index (χ3v) is 3.99. The van der Waals surface area contributed by atoms with E-state index in [1.807, 2.05) is 38.8 Å². The van der Waals surface area contributed by atoms with Crippen LogP contribution in [0.5, 0.6) is 0 Å². The number of ether oxygens (including phenoxy) is 2. The first kappa shape index (κ1) is 15.9. The molecule has 1 fully saturated rings. The van der Waals surface area contributed by atoms with E-state index >= 15 is 0 Å². The Hall–Kier alpha value is -1.52. The van der Waals surface area contributed by atoms with Crippen molar-refractivity contribution in [1.82, 2.24) is 4.90 Å². The minimum absolute atomic E-state index is 0.120. The van der Waals surface area contributed by atoms with Gasteiger partial charge in [0.2, 0.25) is 0 Å². The SMILES string of the molecule is CC(C)OC(=O)C1=CN2CCCC2(C(=O)OC(C)C)CC1. The summed E-state index contributed by atoms with van der Waals surface area (Å²) in [5, 5.41) is 0. The number of carbonyl (C=O) groups is 2. The summed E-state index contributed by atoms with van der Waals surface area (Å²) in [5.41, 5.74) is 0.0740. The normalized spacial score (nSPS) is 24.9. The van der Waals surface area contributed by atoms with E-state index in [1.165, 1.54) is 0 Å². The molecule has 2 aliphatic heterocycles. The molecule has 1 atom stereocenters. The molecule has 2 rings (SSSR count). The fourth-order valence-electron chi connectivity index (χ4n) is 3.04. The second kappa shape index (κ2) is 6.08. The van der Waals surface area contributed by atoms with Gasteiger partial charge in [-0.3, -0.25) is 0 Å². The zero-order valence-electron chi connectivity index (χ0n) is 13.3. The van der Waals surface area contributed by atoms with Gasteiger partial charge >= 0.3 is 11.9 Å². The topological polar surface area (TPSA) is 55.8 Å². The Kier molecular flexibility index (Phi) is 4.59. The van der Waals surface area contributed by atoms with Crippen LogP contribution in [0.2, 0.25) is 0 Å². The number of esters is 2. The van der Waals surface area contributed by atoms with Gasteiger partial charge in [-0.05, 0) is 53.4 Å². The van der Waals surface area contributed by atoms with Crippen LogP contribution in [0.4, 0.5) is 0 Å². The number of nitrogens with zero attached hydrogens (tertiary/aromatic N) is 1. The van der Waals surface area contributed by atoms with Gasteiger partial charge in [0.05, 0.1) is 17.8 Å². The standard InChI is InChI=1S/C16H25NO4/c1-11(2)20-14(18)13-6-8-16(15(19)21-12(3)4)7-5-9-17(16)10-13/h10-12H,5-9H2,1-4H3. The minimum atomic E-state index is -0.577. The Bertz CT molecular complexity index is 455. The van der Waals surface area contributed by atoms with Crippen LogP contribution in [0.15, 0.2) is 11.8 Å². The molecule has 0 amide bonds. The van der Waals surface area contributed by atoms with Crippen LogP contribution >= 0.6 is 0 Å². The summed E-state index contributed by atoms with van der Waals surface area (Å²) < 4.78 is 10.7. The van der Waals surface area contributed by atoms with E-state index in [9.17, 15) is 9.59 Å². The number of hydrogen-bond acceptors (Lipinski definition) is 5. The summed E-state index contributed by atoms with van der Waals surface area (Å²) in [7, 11) is 0. The third kappa shape index (κ3) is 3.22. The molecule has 0 aromatic heterocycles. The van der Waals surface area contributed by atoms with Crippen molar-refractivity contribution in [1.29, 1.82) is 0 Å². The predicted octanol–water partition coefficient (Wildman–Crippen LogP) is 2.40. The third-order valence-electron chi connectivity index (χ3n) is 3.99. The Balaban J connectivity index is 2.16. The van der Waals surface area contributed by atoms with Crippen molar-refractivity contribution in [2.45, 2.75) is 71.1 Å². The van der Waals surface area contributed by atoms with Gasteiger partial charge < -0.3 is 14.4 Å². The van der Waals surface area contributed by atoms with Crippen molar-refractivity contribution in [3.63, 3.8) is 0 Å². The van der Waals surface area contributed by atoms with E-state index in [1.54, 1.807) is 0 Å². The van der Waals surface area contributed by atoms with Gasteiger partial charge in [-0.2, -0.15) is 0 Å². The van der Waals surface area contributed by atoms with Gasteiger partial charge in [-0.1, -0.05) is 0 Å². The van der Waals surface area contributed by atoms with Gasteiger partial charge in [0.15, 0.2) is 0 Å². The first-order valence-electron chi connectivity index (χ1n) is 7.74. The van der Waals surface area contributed by atoms with Crippen molar-refractivity contribution in [3.05, 3.63) is 11.8 Å². The summed E-state index contributed by atoms with van der Waals surface area (Å²) in [4.78, 5) is 26.5. The number of rotatable bonds is 4. The summed E-state index contributed by atoms with van der Waals surface area (Å²) in [6.45, 7) is 8.17. The minimum Gasteiger partial charge on any atom is -0.461 e. The molecule has 0 saturated carbocycles. The molecule has 0 radical (unpaired) electrons. The van der Waals surface area contributed by atoms with Gasteiger partial charge in [0.1, 0.15) is 5.54 Å². The Labute approximate surface area is 126 Å². The highest BCUT2D eigenvalue weighted by atomic mass is 16.5. The van der Waals surface area contributed by atoms with E-state index < -0.39 is 5.54 Å². The monoisotopic (exact) mass is 295 g/mol. The Morgan fingerprint density at radius 2 is 1.81 bits per heavy atom. The van der Waals surface area contributed by atoms with Crippen LogP contribution in [0.25, 0.3) is 0 Å². The highest BCUT2D eigenvalue weighted by Gasteiger charge is 2.50. The first-order chi connectivity index (χ1) is 9.85. The lowest BCUT2D eigenvalue weighted by Crippen LogP contribution is -2.51. The molecule has 5 heteroatoms. The molecule has 0 spiro atoms. The van der Waals surface area contributed by atoms with Crippen molar-refractivity contribution in [3.8, 4) is 0 Å². The van der Waals surface area contributed by atoms with Gasteiger partial charge in [-0.15, -0.1) is 0 Å². The van der Waals surface area contributed by atoms with Crippen molar-refractivity contribution in [2.24, 2.45) is 0 Å². The number of fused-ring (bicyclic) bond motifs is 1. The Morgan fingerprint density at radius 1 is 1.14 bits per heavy atom. The molecule has 0 N–H and O–H groups in total. The largest absolute Gasteiger partial charge is 0.461 e. The molecule has 2 aliphatic rings. The molecular weight excluding hydrogens is 270 g/mol. The molecule has 0 bridgehead atoms.